The van der Waals surface area contributed by atoms with E-state index in [0.717, 1.165) is 0 Å². The maximum Gasteiger partial charge on any atom is 0.416 e. The Bertz CT molecular complexity index is 746. The van der Waals surface area contributed by atoms with Gasteiger partial charge in [-0.05, 0) is 36.8 Å². The van der Waals surface area contributed by atoms with Crippen molar-refractivity contribution in [2.45, 2.75) is 13.1 Å². The van der Waals surface area contributed by atoms with Crippen LogP contribution < -0.4 is 10.2 Å². The van der Waals surface area contributed by atoms with E-state index in [9.17, 15) is 14.0 Å². The summed E-state index contributed by atoms with van der Waals surface area (Å²) in [6, 6.07) is 12.4. The van der Waals surface area contributed by atoms with Gasteiger partial charge >= 0.3 is 6.09 Å². The van der Waals surface area contributed by atoms with E-state index < -0.39 is 12.3 Å². The Kier molecular flexibility index (Phi) is 3.97. The summed E-state index contributed by atoms with van der Waals surface area (Å²) in [5.41, 5.74) is 1.44. The molecule has 1 aliphatic rings. The molecule has 0 bridgehead atoms. The highest BCUT2D eigenvalue weighted by atomic mass is 19.1. The number of fused-ring (bicyclic) bond motifs is 1. The molecule has 1 heterocycles. The lowest BCUT2D eigenvalue weighted by atomic mass is 10.0. The highest BCUT2D eigenvalue weighted by molar-refractivity contribution is 6.06. The maximum absolute atomic E-state index is 13.2. The fourth-order valence-electron chi connectivity index (χ4n) is 2.56. The number of anilines is 1. The highest BCUT2D eigenvalue weighted by Crippen LogP contribution is 2.33. The first-order valence-electron chi connectivity index (χ1n) is 7.23. The summed E-state index contributed by atoms with van der Waals surface area (Å²) in [6.45, 7) is 1.92. The average Bonchev–Trinajstić information content (AvgIpc) is 2.55. The lowest BCUT2D eigenvalue weighted by Gasteiger charge is -2.36. The van der Waals surface area contributed by atoms with E-state index in [-0.39, 0.29) is 18.3 Å². The lowest BCUT2D eigenvalue weighted by molar-refractivity contribution is 0.0922. The summed E-state index contributed by atoms with van der Waals surface area (Å²) >= 11 is 0. The van der Waals surface area contributed by atoms with Crippen LogP contribution in [0.2, 0.25) is 0 Å². The topological polar surface area (TPSA) is 58.6 Å². The molecule has 5 nitrogen and oxygen atoms in total. The fourth-order valence-corrected chi connectivity index (χ4v) is 2.56. The molecule has 1 unspecified atom stereocenters. The van der Waals surface area contributed by atoms with Crippen molar-refractivity contribution in [1.29, 1.82) is 0 Å². The minimum absolute atomic E-state index is 0.210. The number of hydrogen-bond donors (Lipinski definition) is 1. The molecule has 2 amide bonds. The van der Waals surface area contributed by atoms with Crippen LogP contribution in [0.1, 0.15) is 29.0 Å². The third-order valence-electron chi connectivity index (χ3n) is 3.58. The first kappa shape index (κ1) is 15.0. The van der Waals surface area contributed by atoms with Gasteiger partial charge in [0.25, 0.3) is 5.91 Å². The monoisotopic (exact) mass is 314 g/mol. The summed E-state index contributed by atoms with van der Waals surface area (Å²) in [5.74, 6) is -0.686. The van der Waals surface area contributed by atoms with Gasteiger partial charge in [0.2, 0.25) is 0 Å². The number of halogens is 1. The molecular weight excluding hydrogens is 299 g/mol. The number of benzene rings is 2. The summed E-state index contributed by atoms with van der Waals surface area (Å²) in [7, 11) is 0. The van der Waals surface area contributed by atoms with Crippen LogP contribution in [-0.4, -0.2) is 18.6 Å². The van der Waals surface area contributed by atoms with Gasteiger partial charge in [-0.3, -0.25) is 9.69 Å². The second-order valence-electron chi connectivity index (χ2n) is 5.01. The Morgan fingerprint density at radius 1 is 1.22 bits per heavy atom. The molecular formula is C17H15FN2O3. The van der Waals surface area contributed by atoms with Gasteiger partial charge in [0.05, 0.1) is 17.9 Å². The second kappa shape index (κ2) is 6.08. The number of rotatable bonds is 2. The number of para-hydroxylation sites is 1. The molecule has 1 atom stereocenters. The van der Waals surface area contributed by atoms with Crippen molar-refractivity contribution in [2.24, 2.45) is 0 Å². The summed E-state index contributed by atoms with van der Waals surface area (Å²) in [4.78, 5) is 26.1. The van der Waals surface area contributed by atoms with Crippen molar-refractivity contribution in [3.63, 3.8) is 0 Å². The molecule has 23 heavy (non-hydrogen) atoms. The van der Waals surface area contributed by atoms with Crippen molar-refractivity contribution in [1.82, 2.24) is 5.32 Å². The van der Waals surface area contributed by atoms with E-state index in [2.05, 4.69) is 5.32 Å². The molecule has 1 aliphatic heterocycles. The quantitative estimate of drug-likeness (QED) is 0.926. The Hall–Kier alpha value is -2.89. The van der Waals surface area contributed by atoms with Crippen LogP contribution in [0.3, 0.4) is 0 Å². The van der Waals surface area contributed by atoms with Crippen molar-refractivity contribution in [3.05, 3.63) is 65.5 Å². The molecule has 0 aromatic heterocycles. The maximum atomic E-state index is 13.2. The van der Waals surface area contributed by atoms with E-state index >= 15 is 0 Å². The predicted molar refractivity (Wildman–Crippen MR) is 82.6 cm³/mol. The van der Waals surface area contributed by atoms with Gasteiger partial charge in [-0.2, -0.15) is 0 Å². The summed E-state index contributed by atoms with van der Waals surface area (Å²) in [6.07, 6.45) is -1.33. The van der Waals surface area contributed by atoms with Gasteiger partial charge in [-0.25, -0.2) is 9.18 Å². The zero-order valence-corrected chi connectivity index (χ0v) is 12.5. The van der Waals surface area contributed by atoms with Crippen LogP contribution in [-0.2, 0) is 4.74 Å². The Balaban J connectivity index is 2.09. The Morgan fingerprint density at radius 3 is 2.61 bits per heavy atom. The molecule has 1 N–H and O–H groups in total. The number of carbonyl (C=O) groups is 2. The molecule has 0 aliphatic carbocycles. The predicted octanol–water partition coefficient (Wildman–Crippen LogP) is 3.23. The van der Waals surface area contributed by atoms with Crippen molar-refractivity contribution in [3.8, 4) is 0 Å². The lowest BCUT2D eigenvalue weighted by Crippen LogP contribution is -2.49. The van der Waals surface area contributed by atoms with E-state index in [1.54, 1.807) is 31.2 Å². The molecule has 0 fully saturated rings. The molecule has 2 aromatic carbocycles. The average molecular weight is 314 g/mol. The van der Waals surface area contributed by atoms with Crippen molar-refractivity contribution in [2.75, 3.05) is 11.5 Å². The number of nitrogens with zero attached hydrogens (tertiary/aromatic N) is 1. The molecule has 0 spiro atoms. The molecule has 2 aromatic rings. The smallest absolute Gasteiger partial charge is 0.416 e. The third-order valence-corrected chi connectivity index (χ3v) is 3.58. The van der Waals surface area contributed by atoms with E-state index in [1.165, 1.54) is 29.2 Å². The Morgan fingerprint density at radius 2 is 1.91 bits per heavy atom. The number of hydrogen-bond acceptors (Lipinski definition) is 3. The van der Waals surface area contributed by atoms with Gasteiger partial charge in [-0.15, -0.1) is 0 Å². The minimum Gasteiger partial charge on any atom is -0.449 e. The zero-order valence-electron chi connectivity index (χ0n) is 12.5. The third kappa shape index (κ3) is 2.75. The van der Waals surface area contributed by atoms with Gasteiger partial charge in [-0.1, -0.05) is 24.3 Å². The van der Waals surface area contributed by atoms with Gasteiger partial charge in [0.1, 0.15) is 12.0 Å². The van der Waals surface area contributed by atoms with Crippen LogP contribution in [0.15, 0.2) is 48.5 Å². The molecule has 0 saturated carbocycles. The Labute approximate surface area is 132 Å². The van der Waals surface area contributed by atoms with Crippen LogP contribution in [0, 0.1) is 5.82 Å². The molecule has 6 heteroatoms. The van der Waals surface area contributed by atoms with Crippen molar-refractivity contribution >= 4 is 17.7 Å². The second-order valence-corrected chi connectivity index (χ2v) is 5.01. The van der Waals surface area contributed by atoms with Crippen LogP contribution in [0.25, 0.3) is 0 Å². The fraction of sp³-hybridized carbons (Fsp3) is 0.176. The summed E-state index contributed by atoms with van der Waals surface area (Å²) in [5, 5.41) is 2.76. The summed E-state index contributed by atoms with van der Waals surface area (Å²) < 4.78 is 18.3. The van der Waals surface area contributed by atoms with Crippen LogP contribution >= 0.6 is 0 Å². The van der Waals surface area contributed by atoms with Gasteiger partial charge in [0, 0.05) is 0 Å². The first-order chi connectivity index (χ1) is 11.1. The number of nitrogens with one attached hydrogen (secondary N) is 1. The standard InChI is InChI=1S/C17H15FN2O3/c1-2-23-17(22)20-14-6-4-3-5-13(14)16(21)19-15(20)11-7-9-12(18)10-8-11/h3-10,15H,2H2,1H3,(H,19,21). The highest BCUT2D eigenvalue weighted by Gasteiger charge is 2.36. The number of ether oxygens (including phenoxy) is 1. The molecule has 0 radical (unpaired) electrons. The first-order valence-corrected chi connectivity index (χ1v) is 7.23. The van der Waals surface area contributed by atoms with Crippen molar-refractivity contribution < 1.29 is 18.7 Å². The van der Waals surface area contributed by atoms with Gasteiger partial charge < -0.3 is 10.1 Å². The van der Waals surface area contributed by atoms with Gasteiger partial charge in [0.15, 0.2) is 0 Å². The van der Waals surface area contributed by atoms with E-state index in [0.29, 0.717) is 16.8 Å². The normalized spacial score (nSPS) is 16.5. The molecule has 3 rings (SSSR count). The zero-order chi connectivity index (χ0) is 16.4. The van der Waals surface area contributed by atoms with Crippen LogP contribution in [0.5, 0.6) is 0 Å². The number of carbonyl (C=O) groups excluding carboxylic acids is 2. The van der Waals surface area contributed by atoms with E-state index in [4.69, 9.17) is 4.74 Å². The SMILES string of the molecule is CCOC(=O)N1c2ccccc2C(=O)NC1c1ccc(F)cc1. The number of amides is 2. The molecule has 118 valence electrons. The molecule has 0 saturated heterocycles. The van der Waals surface area contributed by atoms with Crippen LogP contribution in [0.4, 0.5) is 14.9 Å². The minimum atomic E-state index is -0.753. The van der Waals surface area contributed by atoms with E-state index in [1.807, 2.05) is 0 Å². The largest absolute Gasteiger partial charge is 0.449 e.